The Kier molecular flexibility index (Phi) is 6.99. The van der Waals surface area contributed by atoms with E-state index in [9.17, 15) is 4.79 Å². The first kappa shape index (κ1) is 25.7. The average molecular weight is 570 g/mol. The van der Waals surface area contributed by atoms with Gasteiger partial charge in [0, 0.05) is 15.4 Å². The Balaban J connectivity index is 1.36. The summed E-state index contributed by atoms with van der Waals surface area (Å²) in [4.78, 5) is 18.2. The summed E-state index contributed by atoms with van der Waals surface area (Å²) in [6.45, 7) is 0.352. The first-order valence-corrected chi connectivity index (χ1v) is 13.0. The first-order valence-electron chi connectivity index (χ1n) is 12.3. The van der Waals surface area contributed by atoms with Gasteiger partial charge in [0.2, 0.25) is 5.82 Å². The van der Waals surface area contributed by atoms with E-state index in [0.717, 1.165) is 10.9 Å². The van der Waals surface area contributed by atoms with Crippen LogP contribution >= 0.6 is 23.2 Å². The number of ether oxygens (including phenoxy) is 2. The van der Waals surface area contributed by atoms with Crippen molar-refractivity contribution in [2.75, 3.05) is 7.11 Å². The van der Waals surface area contributed by atoms with Gasteiger partial charge >= 0.3 is 0 Å². The fraction of sp³-hybridized carbons (Fsp3) is 0.0645. The molecule has 2 aromatic heterocycles. The van der Waals surface area contributed by atoms with Crippen molar-refractivity contribution in [2.45, 2.75) is 6.61 Å². The van der Waals surface area contributed by atoms with Crippen molar-refractivity contribution in [3.63, 3.8) is 0 Å². The van der Waals surface area contributed by atoms with Gasteiger partial charge in [0.1, 0.15) is 12.2 Å². The van der Waals surface area contributed by atoms with Gasteiger partial charge in [-0.15, -0.1) is 0 Å². The minimum atomic E-state index is -0.328. The number of nitrogens with zero attached hydrogens (tertiary/aromatic N) is 3. The summed E-state index contributed by atoms with van der Waals surface area (Å²) >= 11 is 12.1. The van der Waals surface area contributed by atoms with Crippen molar-refractivity contribution in [1.82, 2.24) is 9.66 Å². The lowest BCUT2D eigenvalue weighted by Gasteiger charge is -2.11. The van der Waals surface area contributed by atoms with Gasteiger partial charge in [-0.25, -0.2) is 4.98 Å². The smallest absolute Gasteiger partial charge is 0.282 e. The standard InChI is InChI=1S/C31H21Cl2N3O4/c1-38-28-14-20(8-12-27(28)39-18-19-6-9-22(32)10-7-19)17-34-36-30(35-25-5-3-2-4-24(25)31(36)37)29-16-21-15-23(33)11-13-26(21)40-29/h2-17H,18H2,1H3. The fourth-order valence-electron chi connectivity index (χ4n) is 4.26. The Hall–Kier alpha value is -4.59. The molecule has 0 bridgehead atoms. The Morgan fingerprint density at radius 3 is 2.55 bits per heavy atom. The van der Waals surface area contributed by atoms with Gasteiger partial charge in [-0.2, -0.15) is 9.78 Å². The molecule has 0 radical (unpaired) electrons. The fourth-order valence-corrected chi connectivity index (χ4v) is 4.57. The van der Waals surface area contributed by atoms with E-state index < -0.39 is 0 Å². The SMILES string of the molecule is COc1cc(C=Nn2c(-c3cc4cc(Cl)ccc4o3)nc3ccccc3c2=O)ccc1OCc1ccc(Cl)cc1. The molecular weight excluding hydrogens is 549 g/mol. The largest absolute Gasteiger partial charge is 0.493 e. The van der Waals surface area contributed by atoms with Crippen molar-refractivity contribution in [3.8, 4) is 23.1 Å². The van der Waals surface area contributed by atoms with Crippen LogP contribution in [0, 0.1) is 0 Å². The van der Waals surface area contributed by atoms with Crippen molar-refractivity contribution < 1.29 is 13.9 Å². The second kappa shape index (κ2) is 10.9. The lowest BCUT2D eigenvalue weighted by atomic mass is 10.2. The molecule has 0 amide bonds. The second-order valence-corrected chi connectivity index (χ2v) is 9.81. The van der Waals surface area contributed by atoms with Gasteiger partial charge in [-0.05, 0) is 77.9 Å². The van der Waals surface area contributed by atoms with Gasteiger partial charge in [0.15, 0.2) is 17.3 Å². The van der Waals surface area contributed by atoms with E-state index in [1.807, 2.05) is 36.4 Å². The lowest BCUT2D eigenvalue weighted by molar-refractivity contribution is 0.284. The van der Waals surface area contributed by atoms with Crippen LogP contribution in [0.3, 0.4) is 0 Å². The highest BCUT2D eigenvalue weighted by Gasteiger charge is 2.17. The highest BCUT2D eigenvalue weighted by molar-refractivity contribution is 6.31. The highest BCUT2D eigenvalue weighted by atomic mass is 35.5. The zero-order valence-electron chi connectivity index (χ0n) is 21.2. The first-order chi connectivity index (χ1) is 19.5. The number of para-hydroxylation sites is 1. The van der Waals surface area contributed by atoms with Gasteiger partial charge in [-0.3, -0.25) is 4.79 Å². The van der Waals surface area contributed by atoms with Crippen molar-refractivity contribution in [3.05, 3.63) is 123 Å². The Labute approximate surface area is 238 Å². The minimum Gasteiger partial charge on any atom is -0.493 e. The second-order valence-electron chi connectivity index (χ2n) is 8.93. The van der Waals surface area contributed by atoms with Crippen LogP contribution in [0.5, 0.6) is 11.5 Å². The van der Waals surface area contributed by atoms with Gasteiger partial charge < -0.3 is 13.9 Å². The number of methoxy groups -OCH3 is 1. The van der Waals surface area contributed by atoms with Crippen LogP contribution in [0.25, 0.3) is 33.5 Å². The highest BCUT2D eigenvalue weighted by Crippen LogP contribution is 2.30. The normalized spacial score (nSPS) is 11.5. The topological polar surface area (TPSA) is 78.9 Å². The number of hydrogen-bond acceptors (Lipinski definition) is 6. The Morgan fingerprint density at radius 1 is 0.925 bits per heavy atom. The van der Waals surface area contributed by atoms with E-state index in [1.165, 1.54) is 4.68 Å². The van der Waals surface area contributed by atoms with Crippen LogP contribution in [0.15, 0.2) is 105 Å². The molecule has 198 valence electrons. The zero-order valence-corrected chi connectivity index (χ0v) is 22.7. The molecule has 0 aliphatic rings. The molecule has 0 saturated carbocycles. The molecule has 4 aromatic carbocycles. The number of fused-ring (bicyclic) bond motifs is 2. The van der Waals surface area contributed by atoms with Crippen LogP contribution in [0.4, 0.5) is 0 Å². The van der Waals surface area contributed by atoms with E-state index in [0.29, 0.717) is 56.0 Å². The molecule has 40 heavy (non-hydrogen) atoms. The van der Waals surface area contributed by atoms with Crippen LogP contribution in [-0.4, -0.2) is 23.0 Å². The summed E-state index contributed by atoms with van der Waals surface area (Å²) in [7, 11) is 1.56. The maximum atomic E-state index is 13.5. The maximum Gasteiger partial charge on any atom is 0.282 e. The molecule has 0 spiro atoms. The third-order valence-corrected chi connectivity index (χ3v) is 6.76. The molecule has 0 N–H and O–H groups in total. The summed E-state index contributed by atoms with van der Waals surface area (Å²) in [6, 6.07) is 27.0. The number of hydrogen-bond donors (Lipinski definition) is 0. The van der Waals surface area contributed by atoms with E-state index in [1.54, 1.807) is 67.9 Å². The summed E-state index contributed by atoms with van der Waals surface area (Å²) in [5.74, 6) is 1.75. The number of furan rings is 1. The molecule has 6 rings (SSSR count). The monoisotopic (exact) mass is 569 g/mol. The van der Waals surface area contributed by atoms with E-state index in [2.05, 4.69) is 5.10 Å². The molecule has 0 aliphatic heterocycles. The number of rotatable bonds is 7. The third kappa shape index (κ3) is 5.17. The van der Waals surface area contributed by atoms with Crippen LogP contribution in [-0.2, 0) is 6.61 Å². The zero-order chi connectivity index (χ0) is 27.6. The van der Waals surface area contributed by atoms with Crippen LogP contribution in [0.2, 0.25) is 10.0 Å². The van der Waals surface area contributed by atoms with Gasteiger partial charge in [0.25, 0.3) is 5.56 Å². The Morgan fingerprint density at radius 2 is 1.73 bits per heavy atom. The number of halogens is 2. The number of benzene rings is 4. The number of aromatic nitrogens is 2. The molecule has 0 atom stereocenters. The molecule has 6 aromatic rings. The van der Waals surface area contributed by atoms with Crippen LogP contribution in [0.1, 0.15) is 11.1 Å². The molecular formula is C31H21Cl2N3O4. The quantitative estimate of drug-likeness (QED) is 0.185. The molecule has 0 unspecified atom stereocenters. The van der Waals surface area contributed by atoms with Gasteiger partial charge in [-0.1, -0.05) is 47.5 Å². The van der Waals surface area contributed by atoms with Crippen molar-refractivity contribution in [2.24, 2.45) is 5.10 Å². The Bertz CT molecular complexity index is 1950. The summed E-state index contributed by atoms with van der Waals surface area (Å²) in [6.07, 6.45) is 1.56. The van der Waals surface area contributed by atoms with E-state index in [4.69, 9.17) is 42.1 Å². The molecule has 9 heteroatoms. The molecule has 7 nitrogen and oxygen atoms in total. The molecule has 0 saturated heterocycles. The van der Waals surface area contributed by atoms with Gasteiger partial charge in [0.05, 0.1) is 24.2 Å². The molecule has 2 heterocycles. The van der Waals surface area contributed by atoms with E-state index >= 15 is 0 Å². The van der Waals surface area contributed by atoms with Crippen molar-refractivity contribution in [1.29, 1.82) is 0 Å². The summed E-state index contributed by atoms with van der Waals surface area (Å²) < 4.78 is 18.8. The summed E-state index contributed by atoms with van der Waals surface area (Å²) in [5, 5.41) is 6.99. The maximum absolute atomic E-state index is 13.5. The third-order valence-electron chi connectivity index (χ3n) is 6.27. The predicted molar refractivity (Wildman–Crippen MR) is 158 cm³/mol. The summed E-state index contributed by atoms with van der Waals surface area (Å²) in [5.41, 5.74) is 2.50. The lowest BCUT2D eigenvalue weighted by Crippen LogP contribution is -2.20. The average Bonchev–Trinajstić information content (AvgIpc) is 3.39. The molecule has 0 aliphatic carbocycles. The van der Waals surface area contributed by atoms with E-state index in [-0.39, 0.29) is 11.4 Å². The minimum absolute atomic E-state index is 0.266. The van der Waals surface area contributed by atoms with Crippen LogP contribution < -0.4 is 15.0 Å². The van der Waals surface area contributed by atoms with Crippen molar-refractivity contribution >= 4 is 51.3 Å². The molecule has 0 fully saturated rings. The predicted octanol–water partition coefficient (Wildman–Crippen LogP) is 7.59.